The topological polar surface area (TPSA) is 52.3 Å². The van der Waals surface area contributed by atoms with Crippen molar-refractivity contribution in [3.8, 4) is 0 Å². The molecule has 1 aliphatic carbocycles. The van der Waals surface area contributed by atoms with Gasteiger partial charge in [0.2, 0.25) is 0 Å². The minimum absolute atomic E-state index is 0.136. The van der Waals surface area contributed by atoms with Crippen molar-refractivity contribution in [3.63, 3.8) is 0 Å². The Balaban J connectivity index is 2.25. The van der Waals surface area contributed by atoms with E-state index in [-0.39, 0.29) is 11.5 Å². The summed E-state index contributed by atoms with van der Waals surface area (Å²) in [5.41, 5.74) is 5.80. The second-order valence-electron chi connectivity index (χ2n) is 4.82. The Kier molecular flexibility index (Phi) is 3.93. The fourth-order valence-electron chi connectivity index (χ4n) is 1.85. The Bertz CT molecular complexity index is 195. The zero-order valence-electron chi connectivity index (χ0n) is 9.21. The van der Waals surface area contributed by atoms with E-state index >= 15 is 0 Å². The molecule has 2 N–H and O–H groups in total. The zero-order chi connectivity index (χ0) is 10.6. The number of ether oxygens (including phenoxy) is 1. The Morgan fingerprint density at radius 3 is 2.50 bits per heavy atom. The molecule has 1 rings (SSSR count). The third-order valence-electron chi connectivity index (χ3n) is 2.67. The second-order valence-corrected chi connectivity index (χ2v) is 4.82. The summed E-state index contributed by atoms with van der Waals surface area (Å²) in [7, 11) is 0. The van der Waals surface area contributed by atoms with Crippen molar-refractivity contribution in [2.24, 2.45) is 11.7 Å². The van der Waals surface area contributed by atoms with Crippen molar-refractivity contribution in [3.05, 3.63) is 0 Å². The van der Waals surface area contributed by atoms with Crippen molar-refractivity contribution in [1.29, 1.82) is 0 Å². The predicted octanol–water partition coefficient (Wildman–Crippen LogP) is 1.85. The van der Waals surface area contributed by atoms with Crippen molar-refractivity contribution >= 4 is 5.97 Å². The molecular formula is C11H21NO2. The van der Waals surface area contributed by atoms with Crippen LogP contribution in [-0.4, -0.2) is 18.1 Å². The van der Waals surface area contributed by atoms with Crippen molar-refractivity contribution < 1.29 is 9.53 Å². The Hall–Kier alpha value is -0.570. The van der Waals surface area contributed by atoms with Gasteiger partial charge in [0.15, 0.2) is 0 Å². The SMILES string of the molecule is CC(C)COC(=O)CC1(N)CCCC1. The van der Waals surface area contributed by atoms with E-state index in [0.717, 1.165) is 25.7 Å². The molecule has 1 aliphatic rings. The van der Waals surface area contributed by atoms with Gasteiger partial charge in [-0.3, -0.25) is 4.79 Å². The van der Waals surface area contributed by atoms with Crippen LogP contribution in [0.25, 0.3) is 0 Å². The Labute approximate surface area is 86.0 Å². The van der Waals surface area contributed by atoms with Gasteiger partial charge in [-0.05, 0) is 18.8 Å². The number of hydrogen-bond donors (Lipinski definition) is 1. The van der Waals surface area contributed by atoms with Crippen molar-refractivity contribution in [2.45, 2.75) is 51.5 Å². The van der Waals surface area contributed by atoms with Crippen LogP contribution in [0.15, 0.2) is 0 Å². The molecule has 14 heavy (non-hydrogen) atoms. The molecule has 3 nitrogen and oxygen atoms in total. The van der Waals surface area contributed by atoms with Gasteiger partial charge in [0.05, 0.1) is 13.0 Å². The Morgan fingerprint density at radius 2 is 2.00 bits per heavy atom. The molecule has 0 aromatic rings. The first-order valence-corrected chi connectivity index (χ1v) is 5.46. The summed E-state index contributed by atoms with van der Waals surface area (Å²) in [6.07, 6.45) is 4.61. The highest BCUT2D eigenvalue weighted by atomic mass is 16.5. The van der Waals surface area contributed by atoms with Crippen LogP contribution in [0.4, 0.5) is 0 Å². The average Bonchev–Trinajstić information content (AvgIpc) is 2.48. The van der Waals surface area contributed by atoms with Gasteiger partial charge in [-0.2, -0.15) is 0 Å². The van der Waals surface area contributed by atoms with Crippen molar-refractivity contribution in [1.82, 2.24) is 0 Å². The molecule has 0 unspecified atom stereocenters. The number of rotatable bonds is 4. The van der Waals surface area contributed by atoms with Crippen LogP contribution in [0.2, 0.25) is 0 Å². The van der Waals surface area contributed by atoms with Crippen LogP contribution in [0.3, 0.4) is 0 Å². The summed E-state index contributed by atoms with van der Waals surface area (Å²) in [6.45, 7) is 4.57. The highest BCUT2D eigenvalue weighted by Crippen LogP contribution is 2.30. The number of hydrogen-bond acceptors (Lipinski definition) is 3. The lowest BCUT2D eigenvalue weighted by molar-refractivity contribution is -0.146. The molecule has 0 radical (unpaired) electrons. The summed E-state index contributed by atoms with van der Waals surface area (Å²) in [6, 6.07) is 0. The summed E-state index contributed by atoms with van der Waals surface area (Å²) in [5.74, 6) is 0.263. The molecule has 0 atom stereocenters. The van der Waals surface area contributed by atoms with E-state index in [9.17, 15) is 4.79 Å². The highest BCUT2D eigenvalue weighted by Gasteiger charge is 2.32. The van der Waals surface area contributed by atoms with E-state index in [2.05, 4.69) is 0 Å². The molecular weight excluding hydrogens is 178 g/mol. The van der Waals surface area contributed by atoms with Crippen molar-refractivity contribution in [2.75, 3.05) is 6.61 Å². The minimum Gasteiger partial charge on any atom is -0.465 e. The maximum absolute atomic E-state index is 11.4. The standard InChI is InChI=1S/C11H21NO2/c1-9(2)8-14-10(13)7-11(12)5-3-4-6-11/h9H,3-8,12H2,1-2H3. The van der Waals surface area contributed by atoms with E-state index in [1.165, 1.54) is 0 Å². The quantitative estimate of drug-likeness (QED) is 0.703. The first kappa shape index (κ1) is 11.5. The van der Waals surface area contributed by atoms with Crippen LogP contribution in [0.1, 0.15) is 46.0 Å². The van der Waals surface area contributed by atoms with Crippen LogP contribution < -0.4 is 5.73 Å². The van der Waals surface area contributed by atoms with Crippen LogP contribution in [0, 0.1) is 5.92 Å². The molecule has 0 aromatic heterocycles. The van der Waals surface area contributed by atoms with Crippen LogP contribution >= 0.6 is 0 Å². The average molecular weight is 199 g/mol. The van der Waals surface area contributed by atoms with E-state index in [1.54, 1.807) is 0 Å². The fourth-order valence-corrected chi connectivity index (χ4v) is 1.85. The smallest absolute Gasteiger partial charge is 0.307 e. The lowest BCUT2D eigenvalue weighted by atomic mass is 9.95. The molecule has 0 saturated heterocycles. The first-order chi connectivity index (χ1) is 6.52. The summed E-state index contributed by atoms with van der Waals surface area (Å²) >= 11 is 0. The molecule has 82 valence electrons. The van der Waals surface area contributed by atoms with Gasteiger partial charge in [0, 0.05) is 5.54 Å². The lowest BCUT2D eigenvalue weighted by Crippen LogP contribution is -2.39. The number of nitrogens with two attached hydrogens (primary N) is 1. The van der Waals surface area contributed by atoms with E-state index in [1.807, 2.05) is 13.8 Å². The molecule has 0 aromatic carbocycles. The summed E-state index contributed by atoms with van der Waals surface area (Å²) < 4.78 is 5.11. The molecule has 0 aliphatic heterocycles. The van der Waals surface area contributed by atoms with Gasteiger partial charge in [-0.25, -0.2) is 0 Å². The van der Waals surface area contributed by atoms with Crippen LogP contribution in [0.5, 0.6) is 0 Å². The molecule has 1 fully saturated rings. The predicted molar refractivity (Wildman–Crippen MR) is 55.8 cm³/mol. The summed E-state index contributed by atoms with van der Waals surface area (Å²) in [4.78, 5) is 11.4. The summed E-state index contributed by atoms with van der Waals surface area (Å²) in [5, 5.41) is 0. The zero-order valence-corrected chi connectivity index (χ0v) is 9.21. The monoisotopic (exact) mass is 199 g/mol. The largest absolute Gasteiger partial charge is 0.465 e. The van der Waals surface area contributed by atoms with Gasteiger partial charge in [-0.15, -0.1) is 0 Å². The number of carbonyl (C=O) groups is 1. The van der Waals surface area contributed by atoms with Crippen LogP contribution in [-0.2, 0) is 9.53 Å². The minimum atomic E-state index is -0.270. The van der Waals surface area contributed by atoms with E-state index < -0.39 is 0 Å². The van der Waals surface area contributed by atoms with Gasteiger partial charge in [-0.1, -0.05) is 26.7 Å². The van der Waals surface area contributed by atoms with Gasteiger partial charge in [0.1, 0.15) is 0 Å². The first-order valence-electron chi connectivity index (χ1n) is 5.46. The normalized spacial score (nSPS) is 20.0. The molecule has 0 amide bonds. The number of carbonyl (C=O) groups excluding carboxylic acids is 1. The second kappa shape index (κ2) is 4.78. The van der Waals surface area contributed by atoms with Gasteiger partial charge >= 0.3 is 5.97 Å². The molecule has 0 heterocycles. The maximum atomic E-state index is 11.4. The fraction of sp³-hybridized carbons (Fsp3) is 0.909. The maximum Gasteiger partial charge on any atom is 0.307 e. The lowest BCUT2D eigenvalue weighted by Gasteiger charge is -2.22. The number of esters is 1. The third kappa shape index (κ3) is 3.66. The van der Waals surface area contributed by atoms with Gasteiger partial charge in [0.25, 0.3) is 0 Å². The third-order valence-corrected chi connectivity index (χ3v) is 2.67. The molecule has 3 heteroatoms. The molecule has 0 spiro atoms. The van der Waals surface area contributed by atoms with E-state index in [0.29, 0.717) is 18.9 Å². The van der Waals surface area contributed by atoms with E-state index in [4.69, 9.17) is 10.5 Å². The molecule has 0 bridgehead atoms. The Morgan fingerprint density at radius 1 is 1.43 bits per heavy atom. The highest BCUT2D eigenvalue weighted by molar-refractivity contribution is 5.71. The van der Waals surface area contributed by atoms with Gasteiger partial charge < -0.3 is 10.5 Å². The molecule has 1 saturated carbocycles.